The number of carboxylic acids is 1. The number of anilines is 1. The van der Waals surface area contributed by atoms with Crippen LogP contribution in [0.15, 0.2) is 12.1 Å². The second-order valence-electron chi connectivity index (χ2n) is 4.13. The van der Waals surface area contributed by atoms with E-state index in [9.17, 15) is 9.59 Å². The van der Waals surface area contributed by atoms with Gasteiger partial charge < -0.3 is 10.0 Å². The molecule has 4 heteroatoms. The average molecular weight is 219 g/mol. The molecule has 1 aliphatic heterocycles. The zero-order valence-electron chi connectivity index (χ0n) is 9.28. The number of nitrogens with zero attached hydrogens (tertiary/aromatic N) is 1. The van der Waals surface area contributed by atoms with Crippen LogP contribution in [0.5, 0.6) is 0 Å². The summed E-state index contributed by atoms with van der Waals surface area (Å²) in [5.74, 6) is -0.854. The van der Waals surface area contributed by atoms with Gasteiger partial charge in [0, 0.05) is 7.05 Å². The molecular weight excluding hydrogens is 206 g/mol. The largest absolute Gasteiger partial charge is 0.481 e. The normalized spacial score (nSPS) is 14.1. The molecule has 0 saturated carbocycles. The Labute approximate surface area is 93.5 Å². The third-order valence-corrected chi connectivity index (χ3v) is 2.80. The molecule has 0 bridgehead atoms. The van der Waals surface area contributed by atoms with Crippen molar-refractivity contribution in [1.82, 2.24) is 0 Å². The maximum absolute atomic E-state index is 11.6. The number of aliphatic carboxylic acids is 1. The molecule has 4 nitrogen and oxygen atoms in total. The van der Waals surface area contributed by atoms with Gasteiger partial charge in [0.05, 0.1) is 18.5 Å². The summed E-state index contributed by atoms with van der Waals surface area (Å²) in [6.07, 6.45) is 0.335. The van der Waals surface area contributed by atoms with Crippen LogP contribution in [0.2, 0.25) is 0 Å². The van der Waals surface area contributed by atoms with Gasteiger partial charge in [-0.15, -0.1) is 0 Å². The van der Waals surface area contributed by atoms with Crippen LogP contribution >= 0.6 is 0 Å². The highest BCUT2D eigenvalue weighted by atomic mass is 16.4. The molecule has 1 aliphatic rings. The predicted molar refractivity (Wildman–Crippen MR) is 59.6 cm³/mol. The molecule has 0 aliphatic carbocycles. The standard InChI is InChI=1S/C12H13NO3/c1-7-3-8-5-10(14)13(2)12(8)9(4-7)6-11(15)16/h3-4H,5-6H2,1-2H3,(H,15,16). The molecular formula is C12H13NO3. The molecule has 1 aromatic rings. The van der Waals surface area contributed by atoms with Crippen molar-refractivity contribution in [2.45, 2.75) is 19.8 Å². The quantitative estimate of drug-likeness (QED) is 0.811. The maximum Gasteiger partial charge on any atom is 0.307 e. The van der Waals surface area contributed by atoms with E-state index in [0.29, 0.717) is 6.42 Å². The van der Waals surface area contributed by atoms with Crippen LogP contribution in [0.1, 0.15) is 16.7 Å². The number of hydrogen-bond acceptors (Lipinski definition) is 2. The van der Waals surface area contributed by atoms with Gasteiger partial charge in [0.2, 0.25) is 5.91 Å². The third-order valence-electron chi connectivity index (χ3n) is 2.80. The molecule has 1 aromatic carbocycles. The number of rotatable bonds is 2. The SMILES string of the molecule is Cc1cc(CC(=O)O)c2c(c1)CC(=O)N2C. The Kier molecular flexibility index (Phi) is 2.42. The summed E-state index contributed by atoms with van der Waals surface area (Å²) in [5, 5.41) is 8.84. The van der Waals surface area contributed by atoms with Crippen molar-refractivity contribution in [3.63, 3.8) is 0 Å². The van der Waals surface area contributed by atoms with Gasteiger partial charge in [0.15, 0.2) is 0 Å². The number of carbonyl (C=O) groups excluding carboxylic acids is 1. The lowest BCUT2D eigenvalue weighted by Gasteiger charge is -2.15. The Balaban J connectivity index is 2.54. The average Bonchev–Trinajstić information content (AvgIpc) is 2.40. The molecule has 1 N–H and O–H groups in total. The van der Waals surface area contributed by atoms with Gasteiger partial charge >= 0.3 is 5.97 Å². The van der Waals surface area contributed by atoms with Crippen molar-refractivity contribution in [1.29, 1.82) is 0 Å². The number of carbonyl (C=O) groups is 2. The minimum absolute atomic E-state index is 0.0206. The third kappa shape index (κ3) is 1.66. The van der Waals surface area contributed by atoms with E-state index in [1.165, 1.54) is 0 Å². The van der Waals surface area contributed by atoms with Crippen LogP contribution in [-0.2, 0) is 22.4 Å². The molecule has 0 spiro atoms. The Morgan fingerprint density at radius 3 is 2.81 bits per heavy atom. The second kappa shape index (κ2) is 3.63. The molecule has 0 saturated heterocycles. The number of aryl methyl sites for hydroxylation is 1. The smallest absolute Gasteiger partial charge is 0.307 e. The van der Waals surface area contributed by atoms with Crippen LogP contribution in [0.25, 0.3) is 0 Å². The van der Waals surface area contributed by atoms with Crippen LogP contribution in [0, 0.1) is 6.92 Å². The summed E-state index contributed by atoms with van der Waals surface area (Å²) in [6, 6.07) is 3.78. The maximum atomic E-state index is 11.6. The summed E-state index contributed by atoms with van der Waals surface area (Å²) in [6.45, 7) is 1.91. The molecule has 1 amide bonds. The van der Waals surface area contributed by atoms with Crippen LogP contribution in [0.4, 0.5) is 5.69 Å². The fraction of sp³-hybridized carbons (Fsp3) is 0.333. The van der Waals surface area contributed by atoms with E-state index < -0.39 is 5.97 Å². The van der Waals surface area contributed by atoms with E-state index in [2.05, 4.69) is 0 Å². The van der Waals surface area contributed by atoms with Crippen molar-refractivity contribution < 1.29 is 14.7 Å². The van der Waals surface area contributed by atoms with Crippen molar-refractivity contribution >= 4 is 17.6 Å². The number of carboxylic acid groups (broad SMARTS) is 1. The Morgan fingerprint density at radius 2 is 2.19 bits per heavy atom. The Morgan fingerprint density at radius 1 is 1.50 bits per heavy atom. The molecule has 0 aromatic heterocycles. The van der Waals surface area contributed by atoms with E-state index in [1.54, 1.807) is 11.9 Å². The van der Waals surface area contributed by atoms with E-state index in [0.717, 1.165) is 22.4 Å². The fourth-order valence-corrected chi connectivity index (χ4v) is 2.20. The van der Waals surface area contributed by atoms with Gasteiger partial charge in [0.25, 0.3) is 0 Å². The minimum Gasteiger partial charge on any atom is -0.481 e. The van der Waals surface area contributed by atoms with E-state index in [4.69, 9.17) is 5.11 Å². The van der Waals surface area contributed by atoms with Gasteiger partial charge in [-0.25, -0.2) is 0 Å². The van der Waals surface area contributed by atoms with Gasteiger partial charge in [-0.05, 0) is 18.1 Å². The van der Waals surface area contributed by atoms with Crippen molar-refractivity contribution in [2.75, 3.05) is 11.9 Å². The van der Waals surface area contributed by atoms with Crippen molar-refractivity contribution in [2.24, 2.45) is 0 Å². The zero-order chi connectivity index (χ0) is 11.9. The van der Waals surface area contributed by atoms with E-state index in [1.807, 2.05) is 19.1 Å². The Bertz CT molecular complexity index is 479. The van der Waals surface area contributed by atoms with Gasteiger partial charge in [-0.3, -0.25) is 9.59 Å². The first kappa shape index (κ1) is 10.7. The molecule has 16 heavy (non-hydrogen) atoms. The summed E-state index contributed by atoms with van der Waals surface area (Å²) < 4.78 is 0. The molecule has 2 rings (SSSR count). The highest BCUT2D eigenvalue weighted by Gasteiger charge is 2.27. The fourth-order valence-electron chi connectivity index (χ4n) is 2.20. The summed E-state index contributed by atoms with van der Waals surface area (Å²) >= 11 is 0. The lowest BCUT2D eigenvalue weighted by molar-refractivity contribution is -0.136. The van der Waals surface area contributed by atoms with E-state index in [-0.39, 0.29) is 12.3 Å². The minimum atomic E-state index is -0.874. The lowest BCUT2D eigenvalue weighted by Crippen LogP contribution is -2.22. The monoisotopic (exact) mass is 219 g/mol. The zero-order valence-corrected chi connectivity index (χ0v) is 9.28. The summed E-state index contributed by atoms with van der Waals surface area (Å²) in [5.41, 5.74) is 3.43. The topological polar surface area (TPSA) is 57.6 Å². The van der Waals surface area contributed by atoms with Gasteiger partial charge in [0.1, 0.15) is 0 Å². The first-order valence-electron chi connectivity index (χ1n) is 5.10. The van der Waals surface area contributed by atoms with Crippen molar-refractivity contribution in [3.05, 3.63) is 28.8 Å². The predicted octanol–water partition coefficient (Wildman–Crippen LogP) is 1.14. The molecule has 84 valence electrons. The number of likely N-dealkylation sites (N-methyl/N-ethyl adjacent to an activating group) is 1. The first-order chi connectivity index (χ1) is 7.49. The highest BCUT2D eigenvalue weighted by molar-refractivity contribution is 6.02. The van der Waals surface area contributed by atoms with Gasteiger partial charge in [-0.2, -0.15) is 0 Å². The molecule has 1 heterocycles. The first-order valence-corrected chi connectivity index (χ1v) is 5.10. The van der Waals surface area contributed by atoms with Crippen LogP contribution in [-0.4, -0.2) is 24.0 Å². The highest BCUT2D eigenvalue weighted by Crippen LogP contribution is 2.32. The number of fused-ring (bicyclic) bond motifs is 1. The van der Waals surface area contributed by atoms with Gasteiger partial charge in [-0.1, -0.05) is 17.7 Å². The van der Waals surface area contributed by atoms with Crippen LogP contribution < -0.4 is 4.90 Å². The molecule has 0 fully saturated rings. The van der Waals surface area contributed by atoms with E-state index >= 15 is 0 Å². The molecule has 0 atom stereocenters. The lowest BCUT2D eigenvalue weighted by atomic mass is 10.0. The van der Waals surface area contributed by atoms with Crippen molar-refractivity contribution in [3.8, 4) is 0 Å². The molecule has 0 unspecified atom stereocenters. The number of amides is 1. The Hall–Kier alpha value is -1.84. The van der Waals surface area contributed by atoms with Crippen LogP contribution in [0.3, 0.4) is 0 Å². The summed E-state index contributed by atoms with van der Waals surface area (Å²) in [4.78, 5) is 23.9. The second-order valence-corrected chi connectivity index (χ2v) is 4.13. The number of benzene rings is 1. The molecule has 0 radical (unpaired) electrons. The number of hydrogen-bond donors (Lipinski definition) is 1. The summed E-state index contributed by atoms with van der Waals surface area (Å²) in [7, 11) is 1.69.